The second kappa shape index (κ2) is 8.61. The van der Waals surface area contributed by atoms with Crippen molar-refractivity contribution in [1.29, 1.82) is 5.26 Å². The van der Waals surface area contributed by atoms with E-state index in [4.69, 9.17) is 4.74 Å². The van der Waals surface area contributed by atoms with Crippen molar-refractivity contribution >= 4 is 21.7 Å². The lowest BCUT2D eigenvalue weighted by Gasteiger charge is -2.12. The summed E-state index contributed by atoms with van der Waals surface area (Å²) in [5.74, 6) is 0.905. The molecule has 4 aromatic carbocycles. The maximum Gasteiger partial charge on any atom is 0.127 e. The van der Waals surface area contributed by atoms with E-state index in [0.29, 0.717) is 12.3 Å². The molecule has 0 aliphatic heterocycles. The molecule has 0 spiro atoms. The molecule has 0 radical (unpaired) electrons. The lowest BCUT2D eigenvalue weighted by Crippen LogP contribution is -2.06. The van der Waals surface area contributed by atoms with Gasteiger partial charge in [-0.2, -0.15) is 5.26 Å². The van der Waals surface area contributed by atoms with Crippen LogP contribution in [0.5, 0.6) is 5.75 Å². The number of benzene rings is 4. The van der Waals surface area contributed by atoms with Crippen LogP contribution in [0.25, 0.3) is 32.8 Å². The number of hydrogen-bond acceptors (Lipinski definition) is 2. The molecule has 0 bridgehead atoms. The van der Waals surface area contributed by atoms with Gasteiger partial charge >= 0.3 is 0 Å². The fourth-order valence-corrected chi connectivity index (χ4v) is 4.45. The molecule has 0 saturated heterocycles. The largest absolute Gasteiger partial charge is 0.493 e. The molecule has 0 N–H and O–H groups in total. The van der Waals surface area contributed by atoms with E-state index >= 15 is 0 Å². The van der Waals surface area contributed by atoms with Gasteiger partial charge in [0, 0.05) is 22.8 Å². The summed E-state index contributed by atoms with van der Waals surface area (Å²) in [6, 6.07) is 33.5. The summed E-state index contributed by atoms with van der Waals surface area (Å²) in [5, 5.41) is 13.2. The zero-order valence-corrected chi connectivity index (χ0v) is 18.1. The molecule has 0 saturated carbocycles. The first-order valence-electron chi connectivity index (χ1n) is 10.9. The lowest BCUT2D eigenvalue weighted by atomic mass is 9.97. The summed E-state index contributed by atoms with van der Waals surface area (Å²) in [7, 11) is 0. The Balaban J connectivity index is 1.39. The number of nitriles is 1. The number of fused-ring (bicyclic) bond motifs is 2. The highest BCUT2D eigenvalue weighted by Crippen LogP contribution is 2.33. The van der Waals surface area contributed by atoms with Gasteiger partial charge in [0.15, 0.2) is 0 Å². The zero-order valence-electron chi connectivity index (χ0n) is 18.1. The van der Waals surface area contributed by atoms with Crippen molar-refractivity contribution in [3.05, 3.63) is 102 Å². The van der Waals surface area contributed by atoms with Gasteiger partial charge in [-0.3, -0.25) is 0 Å². The molecule has 0 fully saturated rings. The summed E-state index contributed by atoms with van der Waals surface area (Å²) >= 11 is 0. The maximum absolute atomic E-state index is 9.79. The van der Waals surface area contributed by atoms with E-state index in [1.165, 1.54) is 22.1 Å². The lowest BCUT2D eigenvalue weighted by molar-refractivity contribution is 0.306. The number of aryl methyl sites for hydroxylation is 2. The molecule has 5 rings (SSSR count). The van der Waals surface area contributed by atoms with Crippen LogP contribution in [0.3, 0.4) is 0 Å². The Morgan fingerprint density at radius 1 is 0.812 bits per heavy atom. The van der Waals surface area contributed by atoms with Gasteiger partial charge < -0.3 is 9.30 Å². The molecule has 1 heterocycles. The molecule has 0 atom stereocenters. The third kappa shape index (κ3) is 3.61. The second-order valence-corrected chi connectivity index (χ2v) is 8.03. The first-order chi connectivity index (χ1) is 15.8. The van der Waals surface area contributed by atoms with Gasteiger partial charge in [-0.15, -0.1) is 0 Å². The summed E-state index contributed by atoms with van der Waals surface area (Å²) in [6.07, 6.45) is 0.816. The van der Waals surface area contributed by atoms with Gasteiger partial charge in [0.1, 0.15) is 17.5 Å². The fourth-order valence-electron chi connectivity index (χ4n) is 4.45. The molecular weight excluding hydrogens is 392 g/mol. The number of rotatable bonds is 6. The number of hydrogen-bond donors (Lipinski definition) is 0. The van der Waals surface area contributed by atoms with Crippen molar-refractivity contribution in [3.63, 3.8) is 0 Å². The summed E-state index contributed by atoms with van der Waals surface area (Å²) in [4.78, 5) is 0. The fraction of sp³-hybridized carbons (Fsp3) is 0.138. The Labute approximate surface area is 188 Å². The Morgan fingerprint density at radius 3 is 2.44 bits per heavy atom. The second-order valence-electron chi connectivity index (χ2n) is 8.03. The van der Waals surface area contributed by atoms with Crippen LogP contribution in [0.15, 0.2) is 91.0 Å². The van der Waals surface area contributed by atoms with Crippen molar-refractivity contribution in [1.82, 2.24) is 4.57 Å². The van der Waals surface area contributed by atoms with Crippen molar-refractivity contribution in [3.8, 4) is 22.9 Å². The molecule has 5 aromatic rings. The van der Waals surface area contributed by atoms with Crippen LogP contribution in [0, 0.1) is 18.3 Å². The smallest absolute Gasteiger partial charge is 0.127 e. The molecule has 0 aliphatic rings. The first-order valence-corrected chi connectivity index (χ1v) is 10.9. The molecular formula is C29H24N2O. The molecule has 3 nitrogen and oxygen atoms in total. The van der Waals surface area contributed by atoms with E-state index in [2.05, 4.69) is 78.2 Å². The average Bonchev–Trinajstić information content (AvgIpc) is 3.20. The van der Waals surface area contributed by atoms with E-state index < -0.39 is 0 Å². The van der Waals surface area contributed by atoms with Gasteiger partial charge in [0.2, 0.25) is 0 Å². The minimum absolute atomic E-state index is 0.593. The van der Waals surface area contributed by atoms with E-state index in [1.807, 2.05) is 30.3 Å². The standard InChI is InChI=1S/C29H24N2O/c1-21-9-2-4-12-24(21)26-14-7-15-28-27(26)19-23(20-30)31(28)17-8-18-32-29-16-6-11-22-10-3-5-13-25(22)29/h2-7,9-16,19H,8,17-18H2,1H3. The minimum Gasteiger partial charge on any atom is -0.493 e. The predicted molar refractivity (Wildman–Crippen MR) is 131 cm³/mol. The van der Waals surface area contributed by atoms with Crippen LogP contribution in [0.2, 0.25) is 0 Å². The van der Waals surface area contributed by atoms with Crippen molar-refractivity contribution in [2.24, 2.45) is 0 Å². The van der Waals surface area contributed by atoms with Gasteiger partial charge in [-0.25, -0.2) is 0 Å². The monoisotopic (exact) mass is 416 g/mol. The summed E-state index contributed by atoms with van der Waals surface area (Å²) < 4.78 is 8.23. The highest BCUT2D eigenvalue weighted by Gasteiger charge is 2.13. The number of aromatic nitrogens is 1. The van der Waals surface area contributed by atoms with Crippen LogP contribution in [-0.2, 0) is 6.54 Å². The van der Waals surface area contributed by atoms with Crippen molar-refractivity contribution < 1.29 is 4.74 Å². The van der Waals surface area contributed by atoms with Gasteiger partial charge in [0.05, 0.1) is 6.61 Å². The van der Waals surface area contributed by atoms with Crippen molar-refractivity contribution in [2.45, 2.75) is 19.9 Å². The Hall–Kier alpha value is -4.03. The zero-order chi connectivity index (χ0) is 21.9. The Bertz CT molecular complexity index is 1450. The van der Waals surface area contributed by atoms with Gasteiger partial charge in [-0.05, 0) is 53.6 Å². The third-order valence-corrected chi connectivity index (χ3v) is 6.03. The summed E-state index contributed by atoms with van der Waals surface area (Å²) in [5.41, 5.74) is 5.38. The Kier molecular flexibility index (Phi) is 5.35. The van der Waals surface area contributed by atoms with Crippen LogP contribution in [0.1, 0.15) is 17.7 Å². The van der Waals surface area contributed by atoms with E-state index in [1.54, 1.807) is 0 Å². The number of ether oxygens (including phenoxy) is 1. The molecule has 32 heavy (non-hydrogen) atoms. The van der Waals surface area contributed by atoms with Crippen LogP contribution < -0.4 is 4.74 Å². The van der Waals surface area contributed by atoms with E-state index in [-0.39, 0.29) is 0 Å². The van der Waals surface area contributed by atoms with Crippen molar-refractivity contribution in [2.75, 3.05) is 6.61 Å². The maximum atomic E-state index is 9.79. The van der Waals surface area contributed by atoms with Crippen LogP contribution in [-0.4, -0.2) is 11.2 Å². The molecule has 0 unspecified atom stereocenters. The quantitative estimate of drug-likeness (QED) is 0.277. The average molecular weight is 417 g/mol. The Morgan fingerprint density at radius 2 is 1.56 bits per heavy atom. The molecule has 0 amide bonds. The minimum atomic E-state index is 0.593. The highest BCUT2D eigenvalue weighted by molar-refractivity contribution is 5.97. The topological polar surface area (TPSA) is 38.0 Å². The van der Waals surface area contributed by atoms with Crippen LogP contribution in [0.4, 0.5) is 0 Å². The molecule has 156 valence electrons. The first kappa shape index (κ1) is 19.9. The molecule has 3 heteroatoms. The van der Waals surface area contributed by atoms with Gasteiger partial charge in [-0.1, -0.05) is 72.8 Å². The predicted octanol–water partition coefficient (Wildman–Crippen LogP) is 7.11. The highest BCUT2D eigenvalue weighted by atomic mass is 16.5. The van der Waals surface area contributed by atoms with E-state index in [0.717, 1.165) is 35.0 Å². The van der Waals surface area contributed by atoms with Gasteiger partial charge in [0.25, 0.3) is 0 Å². The number of nitrogens with zero attached hydrogens (tertiary/aromatic N) is 2. The molecule has 0 aliphatic carbocycles. The van der Waals surface area contributed by atoms with E-state index in [9.17, 15) is 5.26 Å². The van der Waals surface area contributed by atoms with Crippen LogP contribution >= 0.6 is 0 Å². The molecule has 1 aromatic heterocycles. The SMILES string of the molecule is Cc1ccccc1-c1cccc2c1cc(C#N)n2CCCOc1cccc2ccccc12. The third-order valence-electron chi connectivity index (χ3n) is 6.03. The normalized spacial score (nSPS) is 11.0. The summed E-state index contributed by atoms with van der Waals surface area (Å²) in [6.45, 7) is 3.45.